The van der Waals surface area contributed by atoms with Crippen LogP contribution in [-0.4, -0.2) is 32.9 Å². The molecule has 1 amide bonds. The molecule has 3 rings (SSSR count). The fourth-order valence-electron chi connectivity index (χ4n) is 2.99. The highest BCUT2D eigenvalue weighted by atomic mass is 32.2. The van der Waals surface area contributed by atoms with Crippen LogP contribution in [0.25, 0.3) is 0 Å². The largest absolute Gasteiger partial charge is 0.351 e. The van der Waals surface area contributed by atoms with E-state index in [2.05, 4.69) is 36.5 Å². The molecule has 3 aromatic carbocycles. The fourth-order valence-corrected chi connectivity index (χ4v) is 4.65. The standard InChI is InChI=1S/C24H26N2O3S2/c1-19-8-14-23(15-9-19)30-17-16-25-24(27)21-12-10-20(11-13-21)18-26(31(2,28)29)22-6-4-3-5-7-22/h3-15H,16-18H2,1-2H3,(H,25,27). The highest BCUT2D eigenvalue weighted by Crippen LogP contribution is 2.20. The van der Waals surface area contributed by atoms with E-state index in [0.29, 0.717) is 17.8 Å². The van der Waals surface area contributed by atoms with Gasteiger partial charge in [0.15, 0.2) is 0 Å². The molecule has 0 aliphatic carbocycles. The van der Waals surface area contributed by atoms with E-state index >= 15 is 0 Å². The molecule has 0 atom stereocenters. The van der Waals surface area contributed by atoms with Crippen LogP contribution in [0.15, 0.2) is 83.8 Å². The van der Waals surface area contributed by atoms with Gasteiger partial charge >= 0.3 is 0 Å². The first-order valence-electron chi connectivity index (χ1n) is 9.92. The third-order valence-corrected chi connectivity index (χ3v) is 6.82. The van der Waals surface area contributed by atoms with Crippen molar-refractivity contribution in [3.8, 4) is 0 Å². The summed E-state index contributed by atoms with van der Waals surface area (Å²) in [6.45, 7) is 2.83. The summed E-state index contributed by atoms with van der Waals surface area (Å²) in [6, 6.07) is 24.3. The third-order valence-electron chi connectivity index (χ3n) is 4.66. The second kappa shape index (κ2) is 10.5. The predicted molar refractivity (Wildman–Crippen MR) is 128 cm³/mol. The monoisotopic (exact) mass is 454 g/mol. The van der Waals surface area contributed by atoms with Gasteiger partial charge in [0.25, 0.3) is 5.91 Å². The summed E-state index contributed by atoms with van der Waals surface area (Å²) in [5, 5.41) is 2.92. The lowest BCUT2D eigenvalue weighted by Gasteiger charge is -2.22. The Morgan fingerprint density at radius 2 is 1.58 bits per heavy atom. The van der Waals surface area contributed by atoms with Crippen molar-refractivity contribution in [3.63, 3.8) is 0 Å². The number of carbonyl (C=O) groups excluding carboxylic acids is 1. The van der Waals surface area contributed by atoms with Crippen LogP contribution in [0.3, 0.4) is 0 Å². The number of sulfonamides is 1. The summed E-state index contributed by atoms with van der Waals surface area (Å²) in [4.78, 5) is 13.6. The second-order valence-electron chi connectivity index (χ2n) is 7.22. The number of carbonyl (C=O) groups is 1. The normalized spacial score (nSPS) is 11.2. The number of aryl methyl sites for hydroxylation is 1. The molecule has 7 heteroatoms. The van der Waals surface area contributed by atoms with E-state index in [1.54, 1.807) is 60.3 Å². The Bertz CT molecular complexity index is 1100. The number of nitrogens with one attached hydrogen (secondary N) is 1. The topological polar surface area (TPSA) is 66.5 Å². The quantitative estimate of drug-likeness (QED) is 0.382. The van der Waals surface area contributed by atoms with Gasteiger partial charge in [0.1, 0.15) is 0 Å². The minimum absolute atomic E-state index is 0.140. The molecule has 0 aliphatic heterocycles. The van der Waals surface area contributed by atoms with Gasteiger partial charge < -0.3 is 5.32 Å². The van der Waals surface area contributed by atoms with Gasteiger partial charge in [-0.15, -0.1) is 11.8 Å². The SMILES string of the molecule is Cc1ccc(SCCNC(=O)c2ccc(CN(c3ccccc3)S(C)(=O)=O)cc2)cc1. The summed E-state index contributed by atoms with van der Waals surface area (Å²) in [6.07, 6.45) is 1.19. The van der Waals surface area contributed by atoms with E-state index in [1.807, 2.05) is 6.07 Å². The minimum Gasteiger partial charge on any atom is -0.351 e. The van der Waals surface area contributed by atoms with Gasteiger partial charge in [-0.25, -0.2) is 8.42 Å². The predicted octanol–water partition coefficient (Wildman–Crippen LogP) is 4.48. The fraction of sp³-hybridized carbons (Fsp3) is 0.208. The number of amides is 1. The zero-order valence-electron chi connectivity index (χ0n) is 17.6. The lowest BCUT2D eigenvalue weighted by Crippen LogP contribution is -2.29. The molecule has 0 spiro atoms. The van der Waals surface area contributed by atoms with Gasteiger partial charge in [0.2, 0.25) is 10.0 Å². The molecule has 0 aromatic heterocycles. The highest BCUT2D eigenvalue weighted by molar-refractivity contribution is 7.99. The molecular weight excluding hydrogens is 428 g/mol. The van der Waals surface area contributed by atoms with Gasteiger partial charge in [0.05, 0.1) is 18.5 Å². The maximum Gasteiger partial charge on any atom is 0.251 e. The number of benzene rings is 3. The van der Waals surface area contributed by atoms with Crippen molar-refractivity contribution >= 4 is 33.4 Å². The van der Waals surface area contributed by atoms with Crippen molar-refractivity contribution in [2.45, 2.75) is 18.4 Å². The number of rotatable bonds is 9. The van der Waals surface area contributed by atoms with Crippen molar-refractivity contribution in [1.29, 1.82) is 0 Å². The van der Waals surface area contributed by atoms with E-state index in [1.165, 1.54) is 21.0 Å². The van der Waals surface area contributed by atoms with Crippen LogP contribution in [0, 0.1) is 6.92 Å². The van der Waals surface area contributed by atoms with E-state index in [9.17, 15) is 13.2 Å². The Labute approximate surface area is 188 Å². The van der Waals surface area contributed by atoms with Gasteiger partial charge in [-0.3, -0.25) is 9.10 Å². The molecule has 0 unspecified atom stereocenters. The zero-order chi connectivity index (χ0) is 22.3. The van der Waals surface area contributed by atoms with Gasteiger partial charge in [-0.2, -0.15) is 0 Å². The Morgan fingerprint density at radius 1 is 0.935 bits per heavy atom. The molecule has 0 bridgehead atoms. The van der Waals surface area contributed by atoms with Crippen molar-refractivity contribution in [3.05, 3.63) is 95.6 Å². The average Bonchev–Trinajstić information content (AvgIpc) is 2.76. The average molecular weight is 455 g/mol. The maximum absolute atomic E-state index is 12.4. The zero-order valence-corrected chi connectivity index (χ0v) is 19.2. The van der Waals surface area contributed by atoms with E-state index in [0.717, 1.165) is 11.3 Å². The van der Waals surface area contributed by atoms with Crippen LogP contribution in [-0.2, 0) is 16.6 Å². The van der Waals surface area contributed by atoms with Crippen LogP contribution < -0.4 is 9.62 Å². The third kappa shape index (κ3) is 6.87. The van der Waals surface area contributed by atoms with Gasteiger partial charge in [-0.1, -0.05) is 48.0 Å². The Kier molecular flexibility index (Phi) is 7.76. The number of hydrogen-bond acceptors (Lipinski definition) is 4. The molecule has 1 N–H and O–H groups in total. The minimum atomic E-state index is -3.43. The van der Waals surface area contributed by atoms with Crippen molar-refractivity contribution < 1.29 is 13.2 Å². The number of hydrogen-bond donors (Lipinski definition) is 1. The lowest BCUT2D eigenvalue weighted by atomic mass is 10.1. The highest BCUT2D eigenvalue weighted by Gasteiger charge is 2.17. The molecule has 162 valence electrons. The molecule has 3 aromatic rings. The first kappa shape index (κ1) is 22.9. The lowest BCUT2D eigenvalue weighted by molar-refractivity contribution is 0.0956. The van der Waals surface area contributed by atoms with Crippen molar-refractivity contribution in [2.24, 2.45) is 0 Å². The molecule has 0 saturated heterocycles. The van der Waals surface area contributed by atoms with Crippen LogP contribution in [0.1, 0.15) is 21.5 Å². The van der Waals surface area contributed by atoms with Crippen LogP contribution in [0.4, 0.5) is 5.69 Å². The van der Waals surface area contributed by atoms with Crippen molar-refractivity contribution in [1.82, 2.24) is 5.32 Å². The summed E-state index contributed by atoms with van der Waals surface area (Å²) in [7, 11) is -3.43. The summed E-state index contributed by atoms with van der Waals surface area (Å²) in [5.41, 5.74) is 3.19. The molecule has 0 aliphatic rings. The number of thioether (sulfide) groups is 1. The molecule has 0 heterocycles. The first-order chi connectivity index (χ1) is 14.8. The smallest absolute Gasteiger partial charge is 0.251 e. The Morgan fingerprint density at radius 3 is 2.19 bits per heavy atom. The second-order valence-corrected chi connectivity index (χ2v) is 10.3. The van der Waals surface area contributed by atoms with E-state index < -0.39 is 10.0 Å². The number of para-hydroxylation sites is 1. The van der Waals surface area contributed by atoms with Crippen LogP contribution >= 0.6 is 11.8 Å². The summed E-state index contributed by atoms with van der Waals surface area (Å²) in [5.74, 6) is 0.645. The summed E-state index contributed by atoms with van der Waals surface area (Å²) < 4.78 is 25.8. The maximum atomic E-state index is 12.4. The van der Waals surface area contributed by atoms with Crippen molar-refractivity contribution in [2.75, 3.05) is 22.9 Å². The number of nitrogens with zero attached hydrogens (tertiary/aromatic N) is 1. The van der Waals surface area contributed by atoms with Crippen LogP contribution in [0.2, 0.25) is 0 Å². The van der Waals surface area contributed by atoms with E-state index in [-0.39, 0.29) is 12.5 Å². The molecule has 0 saturated carbocycles. The molecular formula is C24H26N2O3S2. The Balaban J connectivity index is 1.55. The van der Waals surface area contributed by atoms with Gasteiger partial charge in [-0.05, 0) is 48.9 Å². The molecule has 31 heavy (non-hydrogen) atoms. The molecule has 5 nitrogen and oxygen atoms in total. The van der Waals surface area contributed by atoms with Gasteiger partial charge in [0, 0.05) is 22.8 Å². The molecule has 0 radical (unpaired) electrons. The summed E-state index contributed by atoms with van der Waals surface area (Å²) >= 11 is 1.70. The number of anilines is 1. The van der Waals surface area contributed by atoms with Crippen LogP contribution in [0.5, 0.6) is 0 Å². The Hall–Kier alpha value is -2.77. The molecule has 0 fully saturated rings. The first-order valence-corrected chi connectivity index (χ1v) is 12.8. The van der Waals surface area contributed by atoms with E-state index in [4.69, 9.17) is 0 Å².